The minimum atomic E-state index is -0.685. The molecule has 8 nitrogen and oxygen atoms in total. The van der Waals surface area contributed by atoms with Crippen LogP contribution in [0.2, 0.25) is 0 Å². The van der Waals surface area contributed by atoms with Gasteiger partial charge in [0.1, 0.15) is 12.4 Å². The van der Waals surface area contributed by atoms with Crippen molar-refractivity contribution in [3.05, 3.63) is 93.7 Å². The van der Waals surface area contributed by atoms with E-state index in [1.54, 1.807) is 44.2 Å². The number of nitrogens with one attached hydrogen (secondary N) is 1. The van der Waals surface area contributed by atoms with Crippen molar-refractivity contribution in [1.82, 2.24) is 0 Å². The number of hydrogen-bond acceptors (Lipinski definition) is 6. The highest BCUT2D eigenvalue weighted by Gasteiger charge is 2.24. The summed E-state index contributed by atoms with van der Waals surface area (Å²) in [6, 6.07) is 17.0. The molecule has 0 spiro atoms. The summed E-state index contributed by atoms with van der Waals surface area (Å²) in [5, 5.41) is 2.41. The Morgan fingerprint density at radius 3 is 2.20 bits per heavy atom. The topological polar surface area (TPSA) is 102 Å². The molecule has 0 aliphatic heterocycles. The monoisotopic (exact) mass is 676 g/mol. The van der Waals surface area contributed by atoms with E-state index in [4.69, 9.17) is 9.47 Å². The Hall–Kier alpha value is -3.57. The largest absolute Gasteiger partial charge is 0.465 e. The number of esters is 2. The third-order valence-electron chi connectivity index (χ3n) is 5.56. The predicted molar refractivity (Wildman–Crippen MR) is 156 cm³/mol. The molecule has 0 heterocycles. The molecule has 11 heteroatoms. The lowest BCUT2D eigenvalue weighted by molar-refractivity contribution is -0.144. The molecule has 0 aliphatic rings. The zero-order chi connectivity index (χ0) is 29.2. The minimum absolute atomic E-state index is 0.0725. The molecule has 0 fully saturated rings. The summed E-state index contributed by atoms with van der Waals surface area (Å²) in [6.07, 6.45) is 0.700. The molecular weight excluding hydrogens is 651 g/mol. The van der Waals surface area contributed by atoms with Gasteiger partial charge in [0.25, 0.3) is 11.8 Å². The molecule has 0 bridgehead atoms. The maximum atomic E-state index is 14.7. The van der Waals surface area contributed by atoms with E-state index in [1.807, 2.05) is 0 Å². The second-order valence-corrected chi connectivity index (χ2v) is 10.8. The van der Waals surface area contributed by atoms with Crippen LogP contribution in [0.15, 0.2) is 71.2 Å². The molecule has 1 N–H and O–H groups in total. The third-order valence-corrected chi connectivity index (χ3v) is 6.24. The quantitative estimate of drug-likeness (QED) is 0.190. The Kier molecular flexibility index (Phi) is 11.4. The first-order valence-electron chi connectivity index (χ1n) is 12.3. The van der Waals surface area contributed by atoms with Crippen LogP contribution in [0, 0.1) is 5.82 Å². The van der Waals surface area contributed by atoms with Crippen LogP contribution in [0.4, 0.5) is 15.8 Å². The summed E-state index contributed by atoms with van der Waals surface area (Å²) in [5.41, 5.74) is 1.84. The number of aryl methyl sites for hydroxylation is 1. The Balaban J connectivity index is 1.67. The fourth-order valence-electron chi connectivity index (χ4n) is 3.67. The van der Waals surface area contributed by atoms with Gasteiger partial charge in [-0.2, -0.15) is 0 Å². The maximum Gasteiger partial charge on any atom is 0.326 e. The van der Waals surface area contributed by atoms with Gasteiger partial charge < -0.3 is 14.8 Å². The third kappa shape index (κ3) is 8.99. The number of hydrogen-bond donors (Lipinski definition) is 1. The van der Waals surface area contributed by atoms with Gasteiger partial charge in [0.05, 0.1) is 12.3 Å². The number of amides is 2. The van der Waals surface area contributed by atoms with Crippen molar-refractivity contribution in [3.63, 3.8) is 0 Å². The van der Waals surface area contributed by atoms with Gasteiger partial charge in [0.2, 0.25) is 0 Å². The molecular formula is C29H27Br2FN2O6. The molecule has 1 atom stereocenters. The lowest BCUT2D eigenvalue weighted by Gasteiger charge is -2.22. The first kappa shape index (κ1) is 31.0. The summed E-state index contributed by atoms with van der Waals surface area (Å²) in [6.45, 7) is 2.99. The fraction of sp³-hybridized carbons (Fsp3) is 0.241. The molecule has 40 heavy (non-hydrogen) atoms. The normalized spacial score (nSPS) is 11.3. The SMILES string of the molecule is CCOC(=O)CN(C(=O)c1ccc(NC(=O)c2ccc(CCC(=O)OC(C)Br)cc2)cc1)c1ccc(Br)cc1F. The van der Waals surface area contributed by atoms with Gasteiger partial charge in [0, 0.05) is 27.7 Å². The van der Waals surface area contributed by atoms with Gasteiger partial charge in [0.15, 0.2) is 5.01 Å². The number of carbonyl (C=O) groups excluding carboxylic acids is 4. The van der Waals surface area contributed by atoms with Gasteiger partial charge in [-0.1, -0.05) is 28.1 Å². The van der Waals surface area contributed by atoms with Gasteiger partial charge in [-0.25, -0.2) is 4.39 Å². The zero-order valence-corrected chi connectivity index (χ0v) is 25.0. The molecule has 0 aliphatic carbocycles. The first-order chi connectivity index (χ1) is 19.1. The fourth-order valence-corrected chi connectivity index (χ4v) is 4.21. The lowest BCUT2D eigenvalue weighted by atomic mass is 10.1. The summed E-state index contributed by atoms with van der Waals surface area (Å²) in [7, 11) is 0. The number of rotatable bonds is 11. The van der Waals surface area contributed by atoms with Crippen LogP contribution in [0.3, 0.4) is 0 Å². The van der Waals surface area contributed by atoms with Crippen molar-refractivity contribution in [3.8, 4) is 0 Å². The van der Waals surface area contributed by atoms with Crippen molar-refractivity contribution in [2.45, 2.75) is 31.7 Å². The van der Waals surface area contributed by atoms with Crippen molar-refractivity contribution in [2.75, 3.05) is 23.4 Å². The van der Waals surface area contributed by atoms with Crippen molar-refractivity contribution in [1.29, 1.82) is 0 Å². The maximum absolute atomic E-state index is 14.7. The Morgan fingerprint density at radius 1 is 0.950 bits per heavy atom. The molecule has 3 rings (SSSR count). The molecule has 0 saturated heterocycles. The van der Waals surface area contributed by atoms with Crippen molar-refractivity contribution >= 4 is 67.0 Å². The molecule has 0 saturated carbocycles. The second kappa shape index (κ2) is 14.7. The molecule has 0 aromatic heterocycles. The van der Waals surface area contributed by atoms with Crippen molar-refractivity contribution in [2.24, 2.45) is 0 Å². The average molecular weight is 678 g/mol. The predicted octanol–water partition coefficient (Wildman–Crippen LogP) is 6.27. The zero-order valence-electron chi connectivity index (χ0n) is 21.8. The first-order valence-corrected chi connectivity index (χ1v) is 14.0. The van der Waals surface area contributed by atoms with Crippen LogP contribution in [-0.4, -0.2) is 41.9 Å². The lowest BCUT2D eigenvalue weighted by Crippen LogP contribution is -2.37. The highest BCUT2D eigenvalue weighted by atomic mass is 79.9. The molecule has 2 amide bonds. The average Bonchev–Trinajstić information content (AvgIpc) is 2.91. The number of carbonyl (C=O) groups is 4. The summed E-state index contributed by atoms with van der Waals surface area (Å²) in [5.74, 6) is -2.66. The summed E-state index contributed by atoms with van der Waals surface area (Å²) >= 11 is 6.34. The molecule has 210 valence electrons. The van der Waals surface area contributed by atoms with E-state index in [0.29, 0.717) is 22.1 Å². The molecule has 1 unspecified atom stereocenters. The van der Waals surface area contributed by atoms with Crippen LogP contribution < -0.4 is 10.2 Å². The standard InChI is InChI=1S/C29H27Br2FN2O6/c1-3-39-27(36)17-34(25-14-11-22(31)16-24(25)32)29(38)21-9-12-23(13-10-21)33-28(37)20-7-4-19(5-8-20)6-15-26(35)40-18(2)30/h4-5,7-14,16,18H,3,6,15,17H2,1-2H3,(H,33,37). The smallest absolute Gasteiger partial charge is 0.326 e. The molecule has 3 aromatic carbocycles. The van der Waals surface area contributed by atoms with E-state index in [-0.39, 0.29) is 41.2 Å². The van der Waals surface area contributed by atoms with Crippen LogP contribution in [0.5, 0.6) is 0 Å². The van der Waals surface area contributed by atoms with Gasteiger partial charge in [-0.3, -0.25) is 24.1 Å². The van der Waals surface area contributed by atoms with Crippen molar-refractivity contribution < 1.29 is 33.0 Å². The highest BCUT2D eigenvalue weighted by molar-refractivity contribution is 9.10. The van der Waals surface area contributed by atoms with E-state index in [9.17, 15) is 23.6 Å². The Morgan fingerprint density at radius 2 is 1.60 bits per heavy atom. The number of nitrogens with zero attached hydrogens (tertiary/aromatic N) is 1. The highest BCUT2D eigenvalue weighted by Crippen LogP contribution is 2.25. The number of benzene rings is 3. The van der Waals surface area contributed by atoms with E-state index in [1.165, 1.54) is 36.4 Å². The van der Waals surface area contributed by atoms with E-state index in [2.05, 4.69) is 37.2 Å². The van der Waals surface area contributed by atoms with Crippen LogP contribution >= 0.6 is 31.9 Å². The van der Waals surface area contributed by atoms with Gasteiger partial charge >= 0.3 is 11.9 Å². The van der Waals surface area contributed by atoms with Gasteiger partial charge in [-0.15, -0.1) is 0 Å². The minimum Gasteiger partial charge on any atom is -0.465 e. The van der Waals surface area contributed by atoms with E-state index in [0.717, 1.165) is 10.5 Å². The molecule has 3 aromatic rings. The van der Waals surface area contributed by atoms with Crippen LogP contribution in [0.1, 0.15) is 46.5 Å². The second-order valence-electron chi connectivity index (χ2n) is 8.55. The van der Waals surface area contributed by atoms with Crippen LogP contribution in [0.25, 0.3) is 0 Å². The Labute approximate surface area is 248 Å². The Bertz CT molecular complexity index is 1360. The number of alkyl halides is 1. The number of halogens is 3. The number of ether oxygens (including phenoxy) is 2. The summed E-state index contributed by atoms with van der Waals surface area (Å²) < 4.78 is 25.2. The molecule has 0 radical (unpaired) electrons. The van der Waals surface area contributed by atoms with E-state index < -0.39 is 24.2 Å². The van der Waals surface area contributed by atoms with Gasteiger partial charge in [-0.05, 0) is 96.4 Å². The van der Waals surface area contributed by atoms with Crippen LogP contribution in [-0.2, 0) is 25.5 Å². The van der Waals surface area contributed by atoms with E-state index >= 15 is 0 Å². The summed E-state index contributed by atoms with van der Waals surface area (Å²) in [4.78, 5) is 50.9. The number of anilines is 2.